The van der Waals surface area contributed by atoms with Crippen LogP contribution in [-0.2, 0) is 0 Å². The van der Waals surface area contributed by atoms with Crippen molar-refractivity contribution in [1.82, 2.24) is 4.57 Å². The van der Waals surface area contributed by atoms with Crippen molar-refractivity contribution in [3.63, 3.8) is 0 Å². The summed E-state index contributed by atoms with van der Waals surface area (Å²) in [5.41, 5.74) is 15.5. The van der Waals surface area contributed by atoms with Crippen molar-refractivity contribution in [2.24, 2.45) is 0 Å². The van der Waals surface area contributed by atoms with Crippen LogP contribution < -0.4 is 15.7 Å². The van der Waals surface area contributed by atoms with Crippen molar-refractivity contribution in [2.45, 2.75) is 0 Å². The van der Waals surface area contributed by atoms with Gasteiger partial charge < -0.3 is 13.8 Å². The van der Waals surface area contributed by atoms with E-state index in [0.29, 0.717) is 0 Å². The molecule has 0 unspecified atom stereocenters. The minimum Gasteiger partial charge on any atom is -0.456 e. The van der Waals surface area contributed by atoms with Crippen LogP contribution in [0.4, 0.5) is 11.4 Å². The summed E-state index contributed by atoms with van der Waals surface area (Å²) in [6, 6.07) is 55.1. The number of nitrogens with zero attached hydrogens (tertiary/aromatic N) is 2. The van der Waals surface area contributed by atoms with Gasteiger partial charge in [0, 0.05) is 49.7 Å². The fraction of sp³-hybridized carbons (Fsp3) is 0. The lowest BCUT2D eigenvalue weighted by atomic mass is 9.42. The molecule has 0 atom stereocenters. The summed E-state index contributed by atoms with van der Waals surface area (Å²) in [5, 5.41) is 4.76. The third kappa shape index (κ3) is 3.03. The SMILES string of the molecule is c1ccc(-n2c3ccccc3c3cc4oc5ccc6c(c5c4cc32)B2c3ccccc3-c3ccccc3N2c2ccccc2-6)cc1. The van der Waals surface area contributed by atoms with Gasteiger partial charge in [0.05, 0.1) is 11.0 Å². The first-order chi connectivity index (χ1) is 22.8. The first kappa shape index (κ1) is 24.3. The van der Waals surface area contributed by atoms with E-state index < -0.39 is 0 Å². The first-order valence-corrected chi connectivity index (χ1v) is 15.9. The number of hydrogen-bond donors (Lipinski definition) is 0. The molecule has 7 aromatic carbocycles. The summed E-state index contributed by atoms with van der Waals surface area (Å²) < 4.78 is 9.18. The molecule has 4 heterocycles. The third-order valence-electron chi connectivity index (χ3n) is 10.2. The quantitative estimate of drug-likeness (QED) is 0.179. The van der Waals surface area contributed by atoms with E-state index in [2.05, 4.69) is 161 Å². The Labute approximate surface area is 265 Å². The van der Waals surface area contributed by atoms with Crippen molar-refractivity contribution >= 4 is 72.9 Å². The molecule has 3 nitrogen and oxygen atoms in total. The second kappa shape index (κ2) is 8.80. The second-order valence-corrected chi connectivity index (χ2v) is 12.4. The summed E-state index contributed by atoms with van der Waals surface area (Å²) >= 11 is 0. The molecule has 0 bridgehead atoms. The van der Waals surface area contributed by atoms with E-state index in [9.17, 15) is 0 Å². The van der Waals surface area contributed by atoms with Crippen molar-refractivity contribution in [3.8, 4) is 27.9 Å². The zero-order valence-corrected chi connectivity index (χ0v) is 24.8. The second-order valence-electron chi connectivity index (χ2n) is 12.4. The molecule has 2 aromatic heterocycles. The molecule has 11 rings (SSSR count). The summed E-state index contributed by atoms with van der Waals surface area (Å²) in [4.78, 5) is 2.56. The van der Waals surface area contributed by atoms with Gasteiger partial charge in [-0.05, 0) is 70.6 Å². The lowest BCUT2D eigenvalue weighted by Gasteiger charge is -2.43. The molecular formula is C42H25BN2O. The molecule has 212 valence electrons. The van der Waals surface area contributed by atoms with Crippen LogP contribution in [0.5, 0.6) is 0 Å². The highest BCUT2D eigenvalue weighted by Gasteiger charge is 2.43. The number of furan rings is 1. The standard InChI is InChI=1S/C42H25BN2O/c1-2-12-26(13-3-1)44-35-19-9-5-17-30(35)32-25-40-33(24-38(32)44)41-39(46-40)23-22-31-29-16-7-11-21-37(29)45-36-20-10-6-15-28(36)27-14-4-8-18-34(27)43(45)42(31)41/h1-25H. The number of hydrogen-bond acceptors (Lipinski definition) is 2. The maximum atomic E-state index is 6.79. The van der Waals surface area contributed by atoms with Crippen LogP contribution in [0.3, 0.4) is 0 Å². The Kier molecular flexibility index (Phi) is 4.66. The van der Waals surface area contributed by atoms with Crippen LogP contribution in [0.15, 0.2) is 156 Å². The monoisotopic (exact) mass is 584 g/mol. The molecule has 0 saturated carbocycles. The highest BCUT2D eigenvalue weighted by Crippen LogP contribution is 2.47. The Hall–Kier alpha value is -6.00. The molecule has 0 saturated heterocycles. The van der Waals surface area contributed by atoms with E-state index in [0.717, 1.165) is 22.2 Å². The lowest BCUT2D eigenvalue weighted by molar-refractivity contribution is 0.669. The number of fused-ring (bicyclic) bond motifs is 18. The summed E-state index contributed by atoms with van der Waals surface area (Å²) in [6.45, 7) is -0.00354. The minimum atomic E-state index is -0.00354. The molecular weight excluding hydrogens is 559 g/mol. The van der Waals surface area contributed by atoms with Gasteiger partial charge in [0.2, 0.25) is 0 Å². The third-order valence-corrected chi connectivity index (χ3v) is 10.2. The molecule has 0 aliphatic carbocycles. The van der Waals surface area contributed by atoms with Crippen molar-refractivity contribution in [1.29, 1.82) is 0 Å². The van der Waals surface area contributed by atoms with Gasteiger partial charge in [-0.2, -0.15) is 0 Å². The molecule has 46 heavy (non-hydrogen) atoms. The van der Waals surface area contributed by atoms with Gasteiger partial charge in [-0.1, -0.05) is 103 Å². The molecule has 0 spiro atoms. The summed E-state index contributed by atoms with van der Waals surface area (Å²) in [7, 11) is 0. The van der Waals surface area contributed by atoms with Gasteiger partial charge in [0.1, 0.15) is 11.2 Å². The van der Waals surface area contributed by atoms with Gasteiger partial charge in [-0.3, -0.25) is 0 Å². The Bertz CT molecular complexity index is 2720. The molecule has 4 heteroatoms. The van der Waals surface area contributed by atoms with Gasteiger partial charge in [0.15, 0.2) is 0 Å². The van der Waals surface area contributed by atoms with Gasteiger partial charge in [-0.15, -0.1) is 0 Å². The van der Waals surface area contributed by atoms with Gasteiger partial charge >= 0.3 is 6.85 Å². The van der Waals surface area contributed by atoms with Crippen LogP contribution in [-0.4, -0.2) is 11.4 Å². The zero-order chi connectivity index (χ0) is 29.9. The number of rotatable bonds is 1. The number of para-hydroxylation sites is 4. The maximum absolute atomic E-state index is 6.79. The summed E-state index contributed by atoms with van der Waals surface area (Å²) in [5.74, 6) is 0. The average molecular weight is 584 g/mol. The van der Waals surface area contributed by atoms with E-state index in [4.69, 9.17) is 4.42 Å². The average Bonchev–Trinajstić information content (AvgIpc) is 3.65. The Morgan fingerprint density at radius 2 is 1.13 bits per heavy atom. The molecule has 0 fully saturated rings. The fourth-order valence-corrected chi connectivity index (χ4v) is 8.37. The number of aromatic nitrogens is 1. The van der Waals surface area contributed by atoms with Crippen LogP contribution >= 0.6 is 0 Å². The van der Waals surface area contributed by atoms with Crippen molar-refractivity contribution in [3.05, 3.63) is 152 Å². The van der Waals surface area contributed by atoms with E-state index in [1.165, 1.54) is 71.7 Å². The van der Waals surface area contributed by atoms with Crippen LogP contribution in [0.2, 0.25) is 0 Å². The lowest BCUT2D eigenvalue weighted by Crippen LogP contribution is -2.59. The van der Waals surface area contributed by atoms with E-state index in [1.54, 1.807) is 0 Å². The maximum Gasteiger partial charge on any atom is 0.330 e. The predicted octanol–water partition coefficient (Wildman–Crippen LogP) is 9.59. The van der Waals surface area contributed by atoms with Crippen LogP contribution in [0, 0.1) is 0 Å². The fourth-order valence-electron chi connectivity index (χ4n) is 8.37. The molecule has 0 amide bonds. The van der Waals surface area contributed by atoms with Gasteiger partial charge in [-0.25, -0.2) is 0 Å². The highest BCUT2D eigenvalue weighted by atomic mass is 16.3. The Balaban J connectivity index is 1.31. The van der Waals surface area contributed by atoms with E-state index in [1.807, 2.05) is 0 Å². The molecule has 0 radical (unpaired) electrons. The van der Waals surface area contributed by atoms with Crippen LogP contribution in [0.1, 0.15) is 0 Å². The largest absolute Gasteiger partial charge is 0.456 e. The Morgan fingerprint density at radius 1 is 0.457 bits per heavy atom. The topological polar surface area (TPSA) is 21.3 Å². The van der Waals surface area contributed by atoms with E-state index >= 15 is 0 Å². The molecule has 9 aromatic rings. The van der Waals surface area contributed by atoms with E-state index in [-0.39, 0.29) is 6.85 Å². The number of anilines is 2. The minimum absolute atomic E-state index is 0.00354. The highest BCUT2D eigenvalue weighted by molar-refractivity contribution is 6.94. The number of benzene rings is 7. The summed E-state index contributed by atoms with van der Waals surface area (Å²) in [6.07, 6.45) is 0. The predicted molar refractivity (Wildman–Crippen MR) is 193 cm³/mol. The van der Waals surface area contributed by atoms with Crippen LogP contribution in [0.25, 0.3) is 71.7 Å². The first-order valence-electron chi connectivity index (χ1n) is 15.9. The zero-order valence-electron chi connectivity index (χ0n) is 24.8. The Morgan fingerprint density at radius 3 is 1.96 bits per heavy atom. The van der Waals surface area contributed by atoms with Crippen molar-refractivity contribution < 1.29 is 4.42 Å². The molecule has 2 aliphatic rings. The van der Waals surface area contributed by atoms with Gasteiger partial charge in [0.25, 0.3) is 0 Å². The molecule has 2 aliphatic heterocycles. The van der Waals surface area contributed by atoms with Crippen molar-refractivity contribution in [2.75, 3.05) is 4.81 Å². The normalized spacial score (nSPS) is 13.1. The molecule has 0 N–H and O–H groups in total. The smallest absolute Gasteiger partial charge is 0.330 e.